The Balaban J connectivity index is 2.18. The van der Waals surface area contributed by atoms with Crippen molar-refractivity contribution >= 4 is 23.1 Å². The number of hydrogen-bond acceptors (Lipinski definition) is 3. The number of nitrogens with zero attached hydrogens (tertiary/aromatic N) is 2. The summed E-state index contributed by atoms with van der Waals surface area (Å²) in [5.74, 6) is 0.0456. The molecule has 2 rings (SSSR count). The van der Waals surface area contributed by atoms with Crippen LogP contribution in [0.3, 0.4) is 0 Å². The fraction of sp³-hybridized carbons (Fsp3) is 0.500. The van der Waals surface area contributed by atoms with E-state index >= 15 is 0 Å². The summed E-state index contributed by atoms with van der Waals surface area (Å²) in [6.45, 7) is 2.14. The van der Waals surface area contributed by atoms with Crippen molar-refractivity contribution in [2.75, 3.05) is 18.0 Å². The van der Waals surface area contributed by atoms with Gasteiger partial charge in [0.05, 0.1) is 5.02 Å². The molecule has 0 bridgehead atoms. The lowest BCUT2D eigenvalue weighted by molar-refractivity contribution is 0.318. The Morgan fingerprint density at radius 2 is 1.79 bits per heavy atom. The van der Waals surface area contributed by atoms with Gasteiger partial charge in [-0.15, -0.1) is 0 Å². The van der Waals surface area contributed by atoms with Gasteiger partial charge in [0.1, 0.15) is 0 Å². The molecule has 0 saturated carbocycles. The lowest BCUT2D eigenvalue weighted by Crippen LogP contribution is -2.27. The number of halogens is 1. The van der Waals surface area contributed by atoms with Crippen LogP contribution in [0.1, 0.15) is 37.7 Å². The SMILES string of the molecule is NC(=NO)c1ccc(N2CCCCCCC2)cc1Cl. The van der Waals surface area contributed by atoms with Gasteiger partial charge in [-0.3, -0.25) is 0 Å². The Labute approximate surface area is 118 Å². The molecule has 0 aromatic heterocycles. The Morgan fingerprint density at radius 1 is 1.16 bits per heavy atom. The first-order valence-electron chi connectivity index (χ1n) is 6.75. The maximum absolute atomic E-state index is 8.69. The van der Waals surface area contributed by atoms with Gasteiger partial charge in [0.25, 0.3) is 0 Å². The quantitative estimate of drug-likeness (QED) is 0.379. The number of hydrogen-bond donors (Lipinski definition) is 2. The molecule has 0 radical (unpaired) electrons. The maximum atomic E-state index is 8.69. The third kappa shape index (κ3) is 3.53. The van der Waals surface area contributed by atoms with Crippen LogP contribution < -0.4 is 10.6 Å². The molecule has 1 aliphatic heterocycles. The van der Waals surface area contributed by atoms with Gasteiger partial charge in [-0.25, -0.2) is 0 Å². The Bertz CT molecular complexity index is 454. The van der Waals surface area contributed by atoms with Crippen LogP contribution in [0.2, 0.25) is 5.02 Å². The van der Waals surface area contributed by atoms with E-state index in [1.54, 1.807) is 0 Å². The maximum Gasteiger partial charge on any atom is 0.171 e. The summed E-state index contributed by atoms with van der Waals surface area (Å²) < 4.78 is 0. The minimum atomic E-state index is 0.0456. The number of amidine groups is 1. The van der Waals surface area contributed by atoms with E-state index in [1.807, 2.05) is 18.2 Å². The number of rotatable bonds is 2. The van der Waals surface area contributed by atoms with Gasteiger partial charge in [-0.05, 0) is 31.0 Å². The van der Waals surface area contributed by atoms with Crippen molar-refractivity contribution in [1.29, 1.82) is 0 Å². The van der Waals surface area contributed by atoms with E-state index in [9.17, 15) is 0 Å². The lowest BCUT2D eigenvalue weighted by Gasteiger charge is -2.27. The highest BCUT2D eigenvalue weighted by Gasteiger charge is 2.12. The minimum Gasteiger partial charge on any atom is -0.409 e. The molecule has 104 valence electrons. The average Bonchev–Trinajstić information content (AvgIpc) is 2.37. The number of benzene rings is 1. The van der Waals surface area contributed by atoms with E-state index in [1.165, 1.54) is 32.1 Å². The summed E-state index contributed by atoms with van der Waals surface area (Å²) in [6.07, 6.45) is 6.38. The van der Waals surface area contributed by atoms with Crippen molar-refractivity contribution in [3.63, 3.8) is 0 Å². The van der Waals surface area contributed by atoms with E-state index in [2.05, 4.69) is 10.1 Å². The van der Waals surface area contributed by atoms with E-state index < -0.39 is 0 Å². The summed E-state index contributed by atoms with van der Waals surface area (Å²) in [5.41, 5.74) is 7.25. The van der Waals surface area contributed by atoms with Crippen LogP contribution in [0.5, 0.6) is 0 Å². The highest BCUT2D eigenvalue weighted by atomic mass is 35.5. The van der Waals surface area contributed by atoms with Crippen molar-refractivity contribution in [2.45, 2.75) is 32.1 Å². The Kier molecular flexibility index (Phi) is 4.91. The average molecular weight is 282 g/mol. The zero-order chi connectivity index (χ0) is 13.7. The predicted octanol–water partition coefficient (Wildman–Crippen LogP) is 3.21. The van der Waals surface area contributed by atoms with Crippen LogP contribution >= 0.6 is 11.6 Å². The number of anilines is 1. The van der Waals surface area contributed by atoms with Crippen molar-refractivity contribution < 1.29 is 5.21 Å². The van der Waals surface area contributed by atoms with Crippen LogP contribution in [0.15, 0.2) is 23.4 Å². The zero-order valence-corrected chi connectivity index (χ0v) is 11.7. The molecular formula is C14H20ClN3O. The standard InChI is InChI=1S/C14H20ClN3O/c15-13-10-11(6-7-12(13)14(16)17-19)18-8-4-2-1-3-5-9-18/h6-7,10,19H,1-5,8-9H2,(H2,16,17). The van der Waals surface area contributed by atoms with Gasteiger partial charge in [0.15, 0.2) is 5.84 Å². The highest BCUT2D eigenvalue weighted by molar-refractivity contribution is 6.34. The second kappa shape index (κ2) is 6.66. The van der Waals surface area contributed by atoms with Gasteiger partial charge in [0.2, 0.25) is 0 Å². The van der Waals surface area contributed by atoms with E-state index in [-0.39, 0.29) is 5.84 Å². The molecule has 0 amide bonds. The second-order valence-electron chi connectivity index (χ2n) is 4.90. The first-order chi connectivity index (χ1) is 9.22. The predicted molar refractivity (Wildman–Crippen MR) is 79.3 cm³/mol. The molecular weight excluding hydrogens is 262 g/mol. The molecule has 0 unspecified atom stereocenters. The molecule has 0 aliphatic carbocycles. The first-order valence-corrected chi connectivity index (χ1v) is 7.12. The molecule has 4 nitrogen and oxygen atoms in total. The summed E-state index contributed by atoms with van der Waals surface area (Å²) in [6, 6.07) is 5.70. The van der Waals surface area contributed by atoms with Crippen molar-refractivity contribution in [3.8, 4) is 0 Å². The molecule has 0 spiro atoms. The molecule has 19 heavy (non-hydrogen) atoms. The molecule has 5 heteroatoms. The van der Waals surface area contributed by atoms with E-state index in [0.29, 0.717) is 10.6 Å². The molecule has 1 heterocycles. The van der Waals surface area contributed by atoms with E-state index in [0.717, 1.165) is 18.8 Å². The summed E-state index contributed by atoms with van der Waals surface area (Å²) in [4.78, 5) is 2.36. The Morgan fingerprint density at radius 3 is 2.37 bits per heavy atom. The molecule has 0 atom stereocenters. The normalized spacial score (nSPS) is 17.9. The minimum absolute atomic E-state index is 0.0456. The fourth-order valence-electron chi connectivity index (χ4n) is 2.47. The van der Waals surface area contributed by atoms with Gasteiger partial charge in [-0.1, -0.05) is 36.0 Å². The fourth-order valence-corrected chi connectivity index (χ4v) is 2.74. The number of oxime groups is 1. The van der Waals surface area contributed by atoms with Crippen molar-refractivity contribution in [1.82, 2.24) is 0 Å². The van der Waals surface area contributed by atoms with Gasteiger partial charge in [0, 0.05) is 24.3 Å². The molecule has 1 fully saturated rings. The largest absolute Gasteiger partial charge is 0.409 e. The van der Waals surface area contributed by atoms with Gasteiger partial charge < -0.3 is 15.8 Å². The van der Waals surface area contributed by atoms with Crippen LogP contribution in [-0.4, -0.2) is 24.1 Å². The van der Waals surface area contributed by atoms with Crippen LogP contribution in [-0.2, 0) is 0 Å². The Hall–Kier alpha value is -1.42. The molecule has 1 saturated heterocycles. The number of nitrogens with two attached hydrogens (primary N) is 1. The van der Waals surface area contributed by atoms with Crippen molar-refractivity contribution in [3.05, 3.63) is 28.8 Å². The summed E-state index contributed by atoms with van der Waals surface area (Å²) in [5, 5.41) is 12.2. The second-order valence-corrected chi connectivity index (χ2v) is 5.31. The lowest BCUT2D eigenvalue weighted by atomic mass is 10.1. The van der Waals surface area contributed by atoms with Gasteiger partial charge in [-0.2, -0.15) is 0 Å². The van der Waals surface area contributed by atoms with Crippen LogP contribution in [0.4, 0.5) is 5.69 Å². The van der Waals surface area contributed by atoms with Crippen molar-refractivity contribution in [2.24, 2.45) is 10.9 Å². The first kappa shape index (κ1) is 14.0. The van der Waals surface area contributed by atoms with Crippen LogP contribution in [0.25, 0.3) is 0 Å². The smallest absolute Gasteiger partial charge is 0.171 e. The molecule has 3 N–H and O–H groups in total. The van der Waals surface area contributed by atoms with E-state index in [4.69, 9.17) is 22.5 Å². The third-order valence-corrected chi connectivity index (χ3v) is 3.87. The van der Waals surface area contributed by atoms with Gasteiger partial charge >= 0.3 is 0 Å². The molecule has 1 aromatic carbocycles. The molecule has 1 aliphatic rings. The third-order valence-electron chi connectivity index (χ3n) is 3.56. The summed E-state index contributed by atoms with van der Waals surface area (Å²) in [7, 11) is 0. The zero-order valence-electron chi connectivity index (χ0n) is 11.0. The highest BCUT2D eigenvalue weighted by Crippen LogP contribution is 2.25. The summed E-state index contributed by atoms with van der Waals surface area (Å²) >= 11 is 6.20. The van der Waals surface area contributed by atoms with Crippen LogP contribution in [0, 0.1) is 0 Å². The monoisotopic (exact) mass is 281 g/mol. The molecule has 1 aromatic rings. The topological polar surface area (TPSA) is 61.9 Å².